The minimum Gasteiger partial charge on any atom is -0.504 e. The highest BCUT2D eigenvalue weighted by molar-refractivity contribution is 7.86. The largest absolute Gasteiger partial charge is 0.504 e. The van der Waals surface area contributed by atoms with E-state index in [0.717, 1.165) is 24.3 Å². The smallest absolute Gasteiger partial charge is 0.418 e. The van der Waals surface area contributed by atoms with Gasteiger partial charge in [0, 0.05) is 21.5 Å². The monoisotopic (exact) mass is 820 g/mol. The number of azo groups is 2. The van der Waals surface area contributed by atoms with Gasteiger partial charge >= 0.3 is 12.4 Å². The lowest BCUT2D eigenvalue weighted by molar-refractivity contribution is -0.138. The molecule has 0 aliphatic carbocycles. The van der Waals surface area contributed by atoms with Crippen LogP contribution in [0.5, 0.6) is 11.5 Å². The first-order chi connectivity index (χ1) is 26.0. The Morgan fingerprint density at radius 1 is 0.500 bits per heavy atom. The molecule has 0 bridgehead atoms. The number of alkyl halides is 6. The second-order valence-electron chi connectivity index (χ2n) is 11.8. The molecule has 6 rings (SSSR count). The number of nitrogens with zero attached hydrogens (tertiary/aromatic N) is 4. The summed E-state index contributed by atoms with van der Waals surface area (Å²) in [6.45, 7) is 0. The summed E-state index contributed by atoms with van der Waals surface area (Å²) in [4.78, 5) is -2.07. The normalized spacial score (nSPS) is 13.1. The average Bonchev–Trinajstić information content (AvgIpc) is 3.09. The fourth-order valence-electron chi connectivity index (χ4n) is 5.80. The van der Waals surface area contributed by atoms with Gasteiger partial charge in [-0.1, -0.05) is 60.7 Å². The molecule has 0 saturated heterocycles. The summed E-state index contributed by atoms with van der Waals surface area (Å²) >= 11 is 0. The number of halogens is 6. The number of anilines is 2. The van der Waals surface area contributed by atoms with E-state index in [-0.39, 0.29) is 21.5 Å². The average molecular weight is 821 g/mol. The summed E-state index contributed by atoms with van der Waals surface area (Å²) in [6.07, 6.45) is -10.4. The van der Waals surface area contributed by atoms with Crippen LogP contribution >= 0.6 is 0 Å². The zero-order chi connectivity index (χ0) is 41.1. The number of fused-ring (bicyclic) bond motifs is 2. The lowest BCUT2D eigenvalue weighted by atomic mass is 9.99. The van der Waals surface area contributed by atoms with Gasteiger partial charge in [-0.15, -0.1) is 20.5 Å². The second-order valence-corrected chi connectivity index (χ2v) is 14.5. The molecular weight excluding hydrogens is 799 g/mol. The van der Waals surface area contributed by atoms with Crippen molar-refractivity contribution in [2.24, 2.45) is 20.5 Å². The van der Waals surface area contributed by atoms with Crippen molar-refractivity contribution in [3.05, 3.63) is 96.1 Å². The van der Waals surface area contributed by atoms with Crippen molar-refractivity contribution in [1.29, 1.82) is 0 Å². The highest BCUT2D eigenvalue weighted by Gasteiger charge is 2.37. The lowest BCUT2D eigenvalue weighted by Crippen LogP contribution is -2.07. The summed E-state index contributed by atoms with van der Waals surface area (Å²) in [5.74, 6) is -2.43. The predicted octanol–water partition coefficient (Wildman–Crippen LogP) is 9.60. The fourth-order valence-corrected chi connectivity index (χ4v) is 7.40. The van der Waals surface area contributed by atoms with Gasteiger partial charge in [0.1, 0.15) is 9.79 Å². The van der Waals surface area contributed by atoms with Gasteiger partial charge in [-0.25, -0.2) is 0 Å². The van der Waals surface area contributed by atoms with E-state index < -0.39 is 110 Å². The molecule has 0 aliphatic rings. The standard InChI is InChI=1S/C34H22F6N6O8S2/c35-33(36,37)21-13-15(9-11-23(21)43-45-27-25(41)17-5-1-3-7-19(17)31(29(27)47)55(49,50)51)16-10-12-24(22(14-16)34(38,39)40)44-46-28-26(42)18-6-2-4-8-20(18)32(30(28)48)56(52,53)54/h1-14,47-48H,41-42H2,(H,49,50,51)(H,52,53,54)/b45-43+,46-44+. The van der Waals surface area contributed by atoms with Gasteiger partial charge in [-0.3, -0.25) is 9.11 Å². The first-order valence-corrected chi connectivity index (χ1v) is 18.2. The maximum absolute atomic E-state index is 14.3. The third-order valence-electron chi connectivity index (χ3n) is 8.28. The molecule has 0 amide bonds. The van der Waals surface area contributed by atoms with Crippen LogP contribution in [-0.2, 0) is 32.6 Å². The Balaban J connectivity index is 1.44. The summed E-state index contributed by atoms with van der Waals surface area (Å²) in [6, 6.07) is 14.8. The summed E-state index contributed by atoms with van der Waals surface area (Å²) < 4.78 is 154. The molecule has 56 heavy (non-hydrogen) atoms. The Morgan fingerprint density at radius 2 is 0.821 bits per heavy atom. The number of aromatic hydroxyl groups is 2. The lowest BCUT2D eigenvalue weighted by Gasteiger charge is -2.15. The van der Waals surface area contributed by atoms with Gasteiger partial charge in [0.25, 0.3) is 20.2 Å². The van der Waals surface area contributed by atoms with Gasteiger partial charge in [-0.2, -0.15) is 43.2 Å². The number of hydrogen-bond donors (Lipinski definition) is 6. The molecule has 0 fully saturated rings. The first-order valence-electron chi connectivity index (χ1n) is 15.3. The Morgan fingerprint density at radius 3 is 1.12 bits per heavy atom. The number of phenols is 2. The van der Waals surface area contributed by atoms with Crippen LogP contribution in [0.15, 0.2) is 115 Å². The molecule has 0 aliphatic heterocycles. The maximum Gasteiger partial charge on any atom is 0.418 e. The van der Waals surface area contributed by atoms with Gasteiger partial charge < -0.3 is 21.7 Å². The van der Waals surface area contributed by atoms with E-state index in [2.05, 4.69) is 20.5 Å². The van der Waals surface area contributed by atoms with Crippen molar-refractivity contribution in [2.45, 2.75) is 22.1 Å². The number of phenolic OH excluding ortho intramolecular Hbond substituents is 2. The van der Waals surface area contributed by atoms with Crippen molar-refractivity contribution in [3.8, 4) is 22.6 Å². The molecule has 8 N–H and O–H groups in total. The molecule has 0 aromatic heterocycles. The number of benzene rings is 6. The SMILES string of the molecule is Nc1c(/N=N/c2ccc(-c3ccc(/N=N/c4c(O)c(S(=O)(=O)O)c5ccccc5c4N)c(C(F)(F)F)c3)cc2C(F)(F)F)c(O)c(S(=O)(=O)O)c2ccccc12. The number of rotatable bonds is 7. The predicted molar refractivity (Wildman–Crippen MR) is 190 cm³/mol. The Hall–Kier alpha value is -6.36. The van der Waals surface area contributed by atoms with E-state index in [4.69, 9.17) is 11.5 Å². The highest BCUT2D eigenvalue weighted by atomic mass is 32.2. The third kappa shape index (κ3) is 7.24. The Labute approximate surface area is 310 Å². The molecule has 0 unspecified atom stereocenters. The maximum atomic E-state index is 14.3. The van der Waals surface area contributed by atoms with E-state index in [0.29, 0.717) is 12.1 Å². The van der Waals surface area contributed by atoms with Gasteiger partial charge in [-0.05, 0) is 35.4 Å². The van der Waals surface area contributed by atoms with Crippen molar-refractivity contribution in [2.75, 3.05) is 11.5 Å². The van der Waals surface area contributed by atoms with Crippen LogP contribution in [0, 0.1) is 0 Å². The van der Waals surface area contributed by atoms with Gasteiger partial charge in [0.05, 0.1) is 33.9 Å². The minimum absolute atomic E-state index is 0.0536. The van der Waals surface area contributed by atoms with Crippen LogP contribution < -0.4 is 11.5 Å². The van der Waals surface area contributed by atoms with Crippen LogP contribution in [0.1, 0.15) is 11.1 Å². The molecule has 22 heteroatoms. The minimum atomic E-state index is -5.20. The summed E-state index contributed by atoms with van der Waals surface area (Å²) in [5, 5.41) is 34.9. The molecular formula is C34H22F6N6O8S2. The number of hydrogen-bond acceptors (Lipinski definition) is 12. The molecule has 0 radical (unpaired) electrons. The van der Waals surface area contributed by atoms with Crippen LogP contribution in [0.3, 0.4) is 0 Å². The second kappa shape index (κ2) is 13.7. The highest BCUT2D eigenvalue weighted by Crippen LogP contribution is 2.49. The summed E-state index contributed by atoms with van der Waals surface area (Å²) in [7, 11) is -10.3. The quantitative estimate of drug-likeness (QED) is 0.0385. The van der Waals surface area contributed by atoms with Gasteiger partial charge in [0.2, 0.25) is 0 Å². The molecule has 6 aromatic carbocycles. The van der Waals surface area contributed by atoms with Crippen molar-refractivity contribution in [1.82, 2.24) is 0 Å². The molecule has 0 heterocycles. The van der Waals surface area contributed by atoms with Crippen LogP contribution in [0.25, 0.3) is 32.7 Å². The summed E-state index contributed by atoms with van der Waals surface area (Å²) in [5.41, 5.74) is 3.88. The molecule has 0 saturated carbocycles. The topological polar surface area (TPSA) is 251 Å². The van der Waals surface area contributed by atoms with Crippen molar-refractivity contribution in [3.63, 3.8) is 0 Å². The van der Waals surface area contributed by atoms with Crippen LogP contribution in [0.2, 0.25) is 0 Å². The zero-order valence-electron chi connectivity index (χ0n) is 27.5. The van der Waals surface area contributed by atoms with E-state index >= 15 is 0 Å². The van der Waals surface area contributed by atoms with Gasteiger partial charge in [0.15, 0.2) is 22.9 Å². The first kappa shape index (κ1) is 39.3. The molecule has 290 valence electrons. The molecule has 0 spiro atoms. The van der Waals surface area contributed by atoms with Crippen molar-refractivity contribution < 1.29 is 62.5 Å². The number of nitrogen functional groups attached to an aromatic ring is 2. The Bertz CT molecular complexity index is 2710. The Kier molecular flexibility index (Phi) is 9.65. The fraction of sp³-hybridized carbons (Fsp3) is 0.0588. The van der Waals surface area contributed by atoms with E-state index in [1.165, 1.54) is 48.5 Å². The van der Waals surface area contributed by atoms with Crippen LogP contribution in [0.4, 0.5) is 60.5 Å². The van der Waals surface area contributed by atoms with Crippen molar-refractivity contribution >= 4 is 75.9 Å². The van der Waals surface area contributed by atoms with E-state index in [1.54, 1.807) is 0 Å². The molecule has 0 atom stereocenters. The number of nitrogens with two attached hydrogens (primary N) is 2. The zero-order valence-corrected chi connectivity index (χ0v) is 29.2. The van der Waals surface area contributed by atoms with Crippen LogP contribution in [-0.4, -0.2) is 36.2 Å². The van der Waals surface area contributed by atoms with E-state index in [1.807, 2.05) is 0 Å². The molecule has 6 aromatic rings. The van der Waals surface area contributed by atoms with E-state index in [9.17, 15) is 62.5 Å². The third-order valence-corrected chi connectivity index (χ3v) is 10.1. The molecule has 14 nitrogen and oxygen atoms in total.